The highest BCUT2D eigenvalue weighted by Crippen LogP contribution is 2.46. The molecule has 2 nitrogen and oxygen atoms in total. The third kappa shape index (κ3) is 2.38. The molecule has 0 saturated carbocycles. The van der Waals surface area contributed by atoms with Gasteiger partial charge in [0.1, 0.15) is 0 Å². The monoisotopic (exact) mass is 278 g/mol. The van der Waals surface area contributed by atoms with Crippen LogP contribution in [0.5, 0.6) is 0 Å². The summed E-state index contributed by atoms with van der Waals surface area (Å²) in [7, 11) is 1.44. The molecule has 0 spiro atoms. The van der Waals surface area contributed by atoms with Crippen LogP contribution >= 0.6 is 0 Å². The van der Waals surface area contributed by atoms with Gasteiger partial charge in [-0.25, -0.2) is 0 Å². The first-order chi connectivity index (χ1) is 10.2. The minimum atomic E-state index is -0.163. The molecule has 1 unspecified atom stereocenters. The molecule has 0 aromatic heterocycles. The lowest BCUT2D eigenvalue weighted by Gasteiger charge is -2.12. The van der Waals surface area contributed by atoms with E-state index < -0.39 is 0 Å². The van der Waals surface area contributed by atoms with Gasteiger partial charge >= 0.3 is 5.97 Å². The van der Waals surface area contributed by atoms with Crippen molar-refractivity contribution >= 4 is 11.5 Å². The summed E-state index contributed by atoms with van der Waals surface area (Å²) in [6, 6.07) is 18.7. The maximum absolute atomic E-state index is 11.7. The lowest BCUT2D eigenvalue weighted by molar-refractivity contribution is -0.140. The largest absolute Gasteiger partial charge is 0.469 e. The van der Waals surface area contributed by atoms with Crippen molar-refractivity contribution in [3.63, 3.8) is 0 Å². The molecular formula is C19H18O2. The van der Waals surface area contributed by atoms with Crippen molar-refractivity contribution in [2.24, 2.45) is 0 Å². The molecule has 2 aromatic carbocycles. The summed E-state index contributed by atoms with van der Waals surface area (Å²) < 4.78 is 4.85. The molecule has 2 aromatic rings. The molecule has 2 heteroatoms. The molecule has 0 N–H and O–H groups in total. The lowest BCUT2D eigenvalue weighted by atomic mass is 9.93. The number of allylic oxidation sites excluding steroid dienone is 1. The van der Waals surface area contributed by atoms with Crippen LogP contribution < -0.4 is 0 Å². The molecule has 0 bridgehead atoms. The zero-order valence-corrected chi connectivity index (χ0v) is 12.3. The van der Waals surface area contributed by atoms with Crippen LogP contribution in [0.15, 0.2) is 60.2 Å². The molecule has 1 aliphatic carbocycles. The summed E-state index contributed by atoms with van der Waals surface area (Å²) in [5.41, 5.74) is 6.15. The first-order valence-electron chi connectivity index (χ1n) is 7.14. The van der Waals surface area contributed by atoms with Crippen LogP contribution in [0.1, 0.15) is 36.0 Å². The zero-order chi connectivity index (χ0) is 14.8. The number of carbonyl (C=O) groups is 1. The normalized spacial score (nSPS) is 16.8. The molecule has 0 saturated heterocycles. The van der Waals surface area contributed by atoms with Gasteiger partial charge in [0.25, 0.3) is 0 Å². The Morgan fingerprint density at radius 3 is 2.43 bits per heavy atom. The molecule has 1 aliphatic rings. The summed E-state index contributed by atoms with van der Waals surface area (Å²) >= 11 is 0. The van der Waals surface area contributed by atoms with Gasteiger partial charge < -0.3 is 4.74 Å². The number of hydrogen-bond donors (Lipinski definition) is 0. The molecular weight excluding hydrogens is 260 g/mol. The van der Waals surface area contributed by atoms with E-state index in [1.807, 2.05) is 24.3 Å². The van der Waals surface area contributed by atoms with E-state index in [9.17, 15) is 4.79 Å². The molecule has 0 amide bonds. The van der Waals surface area contributed by atoms with Gasteiger partial charge in [-0.3, -0.25) is 4.79 Å². The Labute approximate surface area is 125 Å². The summed E-state index contributed by atoms with van der Waals surface area (Å²) in [5, 5.41) is 0. The van der Waals surface area contributed by atoms with Gasteiger partial charge in [0.15, 0.2) is 0 Å². The lowest BCUT2D eigenvalue weighted by Crippen LogP contribution is -2.08. The van der Waals surface area contributed by atoms with Crippen LogP contribution in [0.3, 0.4) is 0 Å². The standard InChI is InChI=1S/C19H18O2/c1-13-17(12-18(20)21-2)15-10-6-7-11-16(15)19(13)14-8-4-3-5-9-14/h3-11,17H,12H2,1-2H3. The first-order valence-corrected chi connectivity index (χ1v) is 7.14. The maximum Gasteiger partial charge on any atom is 0.306 e. The maximum atomic E-state index is 11.7. The number of hydrogen-bond acceptors (Lipinski definition) is 2. The topological polar surface area (TPSA) is 26.3 Å². The third-order valence-corrected chi connectivity index (χ3v) is 4.18. The number of esters is 1. The second-order valence-corrected chi connectivity index (χ2v) is 5.34. The van der Waals surface area contributed by atoms with E-state index in [4.69, 9.17) is 4.74 Å². The van der Waals surface area contributed by atoms with Crippen LogP contribution in [0, 0.1) is 0 Å². The third-order valence-electron chi connectivity index (χ3n) is 4.18. The van der Waals surface area contributed by atoms with Crippen LogP contribution in [-0.2, 0) is 9.53 Å². The van der Waals surface area contributed by atoms with Gasteiger partial charge in [-0.2, -0.15) is 0 Å². The van der Waals surface area contributed by atoms with E-state index in [1.165, 1.54) is 34.9 Å². The molecule has 0 fully saturated rings. The molecule has 1 atom stereocenters. The van der Waals surface area contributed by atoms with Crippen molar-refractivity contribution in [2.75, 3.05) is 7.11 Å². The predicted molar refractivity (Wildman–Crippen MR) is 84.0 cm³/mol. The van der Waals surface area contributed by atoms with Crippen LogP contribution in [0.2, 0.25) is 0 Å². The SMILES string of the molecule is COC(=O)CC1C(C)=C(c2ccccc2)c2ccccc21. The van der Waals surface area contributed by atoms with Crippen molar-refractivity contribution < 1.29 is 9.53 Å². The highest BCUT2D eigenvalue weighted by molar-refractivity contribution is 5.89. The fraction of sp³-hybridized carbons (Fsp3) is 0.211. The van der Waals surface area contributed by atoms with Gasteiger partial charge in [-0.15, -0.1) is 0 Å². The highest BCUT2D eigenvalue weighted by Gasteiger charge is 2.30. The zero-order valence-electron chi connectivity index (χ0n) is 12.3. The Morgan fingerprint density at radius 2 is 1.71 bits per heavy atom. The van der Waals surface area contributed by atoms with Crippen LogP contribution in [0.25, 0.3) is 5.57 Å². The minimum absolute atomic E-state index is 0.115. The van der Waals surface area contributed by atoms with Gasteiger partial charge in [0.05, 0.1) is 13.5 Å². The number of rotatable bonds is 3. The molecule has 0 aliphatic heterocycles. The van der Waals surface area contributed by atoms with E-state index in [1.54, 1.807) is 0 Å². The summed E-state index contributed by atoms with van der Waals surface area (Å²) in [6.07, 6.45) is 0.398. The number of benzene rings is 2. The molecule has 106 valence electrons. The number of carbonyl (C=O) groups excluding carboxylic acids is 1. The minimum Gasteiger partial charge on any atom is -0.469 e. The summed E-state index contributed by atoms with van der Waals surface area (Å²) in [4.78, 5) is 11.7. The van der Waals surface area contributed by atoms with Crippen molar-refractivity contribution in [1.82, 2.24) is 0 Å². The van der Waals surface area contributed by atoms with E-state index in [0.29, 0.717) is 6.42 Å². The van der Waals surface area contributed by atoms with Gasteiger partial charge in [-0.05, 0) is 29.2 Å². The van der Waals surface area contributed by atoms with E-state index in [2.05, 4.69) is 37.3 Å². The first kappa shape index (κ1) is 13.6. The van der Waals surface area contributed by atoms with Crippen molar-refractivity contribution in [3.8, 4) is 0 Å². The quantitative estimate of drug-likeness (QED) is 0.788. The summed E-state index contributed by atoms with van der Waals surface area (Å²) in [6.45, 7) is 2.12. The highest BCUT2D eigenvalue weighted by atomic mass is 16.5. The average molecular weight is 278 g/mol. The fourth-order valence-electron chi connectivity index (χ4n) is 3.15. The molecule has 21 heavy (non-hydrogen) atoms. The molecule has 0 heterocycles. The number of ether oxygens (including phenoxy) is 1. The summed E-state index contributed by atoms with van der Waals surface area (Å²) in [5.74, 6) is -0.0488. The fourth-order valence-corrected chi connectivity index (χ4v) is 3.15. The Morgan fingerprint density at radius 1 is 1.05 bits per heavy atom. The van der Waals surface area contributed by atoms with E-state index in [0.717, 1.165) is 0 Å². The van der Waals surface area contributed by atoms with E-state index >= 15 is 0 Å². The number of methoxy groups -OCH3 is 1. The predicted octanol–water partition coefficient (Wildman–Crippen LogP) is 4.17. The van der Waals surface area contributed by atoms with Crippen molar-refractivity contribution in [1.29, 1.82) is 0 Å². The van der Waals surface area contributed by atoms with E-state index in [-0.39, 0.29) is 11.9 Å². The van der Waals surface area contributed by atoms with Gasteiger partial charge in [-0.1, -0.05) is 60.2 Å². The number of fused-ring (bicyclic) bond motifs is 1. The second kappa shape index (κ2) is 5.57. The van der Waals surface area contributed by atoms with Gasteiger partial charge in [0, 0.05) is 5.92 Å². The van der Waals surface area contributed by atoms with Crippen molar-refractivity contribution in [2.45, 2.75) is 19.3 Å². The van der Waals surface area contributed by atoms with Gasteiger partial charge in [0.2, 0.25) is 0 Å². The molecule has 3 rings (SSSR count). The Hall–Kier alpha value is -2.35. The second-order valence-electron chi connectivity index (χ2n) is 5.34. The van der Waals surface area contributed by atoms with Crippen LogP contribution in [-0.4, -0.2) is 13.1 Å². The average Bonchev–Trinajstić information content (AvgIpc) is 2.80. The molecule has 0 radical (unpaired) electrons. The Kier molecular flexibility index (Phi) is 3.61. The smallest absolute Gasteiger partial charge is 0.306 e. The Bertz CT molecular complexity index is 699. The van der Waals surface area contributed by atoms with Crippen LogP contribution in [0.4, 0.5) is 0 Å². The Balaban J connectivity index is 2.11. The van der Waals surface area contributed by atoms with Crippen molar-refractivity contribution in [3.05, 3.63) is 76.9 Å².